The van der Waals surface area contributed by atoms with Crippen LogP contribution < -0.4 is 5.32 Å². The summed E-state index contributed by atoms with van der Waals surface area (Å²) in [5, 5.41) is 8.02. The van der Waals surface area contributed by atoms with E-state index >= 15 is 0 Å². The zero-order valence-corrected chi connectivity index (χ0v) is 13.7. The van der Waals surface area contributed by atoms with E-state index in [1.54, 1.807) is 16.9 Å². The molecule has 0 unspecified atom stereocenters. The Labute approximate surface area is 142 Å². The van der Waals surface area contributed by atoms with Crippen LogP contribution in [0, 0.1) is 0 Å². The topological polar surface area (TPSA) is 64.2 Å². The fourth-order valence-corrected chi connectivity index (χ4v) is 2.82. The normalized spacial score (nSPS) is 11.2. The predicted molar refractivity (Wildman–Crippen MR) is 93.4 cm³/mol. The average molecular weight is 340 g/mol. The van der Waals surface area contributed by atoms with E-state index < -0.39 is 0 Å². The van der Waals surface area contributed by atoms with E-state index in [1.807, 2.05) is 48.1 Å². The van der Waals surface area contributed by atoms with Gasteiger partial charge in [0.25, 0.3) is 5.91 Å². The Kier molecular flexibility index (Phi) is 3.46. The number of fused-ring (bicyclic) bond motifs is 2. The lowest BCUT2D eigenvalue weighted by Crippen LogP contribution is -2.12. The Hall–Kier alpha value is -2.86. The molecule has 0 aliphatic carbocycles. The molecule has 6 nitrogen and oxygen atoms in total. The summed E-state index contributed by atoms with van der Waals surface area (Å²) in [7, 11) is 1.87. The minimum atomic E-state index is -0.169. The maximum absolute atomic E-state index is 12.5. The first kappa shape index (κ1) is 14.7. The molecule has 3 aromatic heterocycles. The van der Waals surface area contributed by atoms with E-state index in [2.05, 4.69) is 15.4 Å². The molecule has 7 heteroatoms. The summed E-state index contributed by atoms with van der Waals surface area (Å²) in [4.78, 5) is 16.8. The number of alkyl halides is 1. The van der Waals surface area contributed by atoms with Crippen molar-refractivity contribution in [2.45, 2.75) is 5.88 Å². The Morgan fingerprint density at radius 1 is 1.25 bits per heavy atom. The van der Waals surface area contributed by atoms with Gasteiger partial charge in [-0.1, -0.05) is 0 Å². The SMILES string of the molecule is Cn1ncc2cc(C(=O)Nc3ccc4nc(CCl)cn4c3)ccc21. The highest BCUT2D eigenvalue weighted by Gasteiger charge is 2.09. The van der Waals surface area contributed by atoms with Crippen molar-refractivity contribution in [3.8, 4) is 0 Å². The standard InChI is InChI=1S/C17H14ClN5O/c1-22-15-4-2-11(6-12(15)8-19-22)17(24)21-13-3-5-16-20-14(7-18)10-23(16)9-13/h2-6,8-10H,7H2,1H3,(H,21,24). The number of carbonyl (C=O) groups is 1. The molecule has 120 valence electrons. The van der Waals surface area contributed by atoms with Crippen LogP contribution in [0.2, 0.25) is 0 Å². The van der Waals surface area contributed by atoms with Gasteiger partial charge in [0.15, 0.2) is 0 Å². The van der Waals surface area contributed by atoms with Crippen LogP contribution in [0.15, 0.2) is 48.9 Å². The Bertz CT molecular complexity index is 1070. The van der Waals surface area contributed by atoms with E-state index in [9.17, 15) is 4.79 Å². The van der Waals surface area contributed by atoms with Crippen LogP contribution in [0.3, 0.4) is 0 Å². The molecule has 1 N–H and O–H groups in total. The molecule has 0 radical (unpaired) electrons. The van der Waals surface area contributed by atoms with Crippen LogP contribution in [0.5, 0.6) is 0 Å². The number of nitrogens with zero attached hydrogens (tertiary/aromatic N) is 4. The van der Waals surface area contributed by atoms with Gasteiger partial charge in [-0.15, -0.1) is 11.6 Å². The number of halogens is 1. The smallest absolute Gasteiger partial charge is 0.255 e. The molecule has 0 saturated carbocycles. The second kappa shape index (κ2) is 5.65. The second-order valence-electron chi connectivity index (χ2n) is 5.55. The number of aryl methyl sites for hydroxylation is 1. The predicted octanol–water partition coefficient (Wildman–Crippen LogP) is 3.21. The fraction of sp³-hybridized carbons (Fsp3) is 0.118. The third-order valence-electron chi connectivity index (χ3n) is 3.90. The van der Waals surface area contributed by atoms with Crippen molar-refractivity contribution in [2.24, 2.45) is 7.05 Å². The molecule has 4 aromatic rings. The number of imidazole rings is 1. The molecule has 0 aliphatic rings. The number of rotatable bonds is 3. The summed E-state index contributed by atoms with van der Waals surface area (Å²) in [6.45, 7) is 0. The Balaban J connectivity index is 1.62. The summed E-state index contributed by atoms with van der Waals surface area (Å²) in [6, 6.07) is 9.18. The van der Waals surface area contributed by atoms with Gasteiger partial charge >= 0.3 is 0 Å². The number of hydrogen-bond donors (Lipinski definition) is 1. The molecule has 24 heavy (non-hydrogen) atoms. The maximum Gasteiger partial charge on any atom is 0.255 e. The molecule has 4 rings (SSSR count). The largest absolute Gasteiger partial charge is 0.321 e. The monoisotopic (exact) mass is 339 g/mol. The lowest BCUT2D eigenvalue weighted by atomic mass is 10.1. The van der Waals surface area contributed by atoms with Crippen LogP contribution in [0.4, 0.5) is 5.69 Å². The van der Waals surface area contributed by atoms with Crippen LogP contribution in [-0.2, 0) is 12.9 Å². The second-order valence-corrected chi connectivity index (χ2v) is 5.81. The van der Waals surface area contributed by atoms with E-state index in [-0.39, 0.29) is 5.91 Å². The number of pyridine rings is 1. The lowest BCUT2D eigenvalue weighted by molar-refractivity contribution is 0.102. The highest BCUT2D eigenvalue weighted by molar-refractivity contribution is 6.16. The molecular formula is C17H14ClN5O. The number of hydrogen-bond acceptors (Lipinski definition) is 3. The Morgan fingerprint density at radius 2 is 2.12 bits per heavy atom. The van der Waals surface area contributed by atoms with Gasteiger partial charge in [-0.05, 0) is 30.3 Å². The van der Waals surface area contributed by atoms with Crippen LogP contribution in [0.25, 0.3) is 16.6 Å². The number of carbonyl (C=O) groups excluding carboxylic acids is 1. The number of anilines is 1. The molecular weight excluding hydrogens is 326 g/mol. The third-order valence-corrected chi connectivity index (χ3v) is 4.18. The van der Waals surface area contributed by atoms with Gasteiger partial charge in [0, 0.05) is 30.4 Å². The van der Waals surface area contributed by atoms with Gasteiger partial charge in [-0.3, -0.25) is 9.48 Å². The van der Waals surface area contributed by atoms with Gasteiger partial charge in [-0.25, -0.2) is 4.98 Å². The number of nitrogens with one attached hydrogen (secondary N) is 1. The van der Waals surface area contributed by atoms with Gasteiger partial charge in [0.1, 0.15) is 5.65 Å². The molecule has 0 fully saturated rings. The van der Waals surface area contributed by atoms with Crippen molar-refractivity contribution in [2.75, 3.05) is 5.32 Å². The summed E-state index contributed by atoms with van der Waals surface area (Å²) >= 11 is 5.80. The van der Waals surface area contributed by atoms with Crippen molar-refractivity contribution >= 4 is 39.7 Å². The highest BCUT2D eigenvalue weighted by Crippen LogP contribution is 2.17. The van der Waals surface area contributed by atoms with Gasteiger partial charge in [0.05, 0.1) is 29.0 Å². The summed E-state index contributed by atoms with van der Waals surface area (Å²) in [6.07, 6.45) is 5.41. The molecule has 0 atom stereocenters. The third kappa shape index (κ3) is 2.51. The van der Waals surface area contributed by atoms with Crippen molar-refractivity contribution in [1.82, 2.24) is 19.2 Å². The summed E-state index contributed by atoms with van der Waals surface area (Å²) in [5.41, 5.74) is 3.85. The molecule has 0 saturated heterocycles. The molecule has 0 bridgehead atoms. The van der Waals surface area contributed by atoms with E-state index in [1.165, 1.54) is 0 Å². The minimum absolute atomic E-state index is 0.169. The summed E-state index contributed by atoms with van der Waals surface area (Å²) < 4.78 is 3.62. The number of benzene rings is 1. The van der Waals surface area contributed by atoms with Crippen molar-refractivity contribution < 1.29 is 4.79 Å². The maximum atomic E-state index is 12.5. The van der Waals surface area contributed by atoms with Gasteiger partial charge < -0.3 is 9.72 Å². The zero-order chi connectivity index (χ0) is 16.7. The van der Waals surface area contributed by atoms with Crippen molar-refractivity contribution in [1.29, 1.82) is 0 Å². The van der Waals surface area contributed by atoms with E-state index in [0.717, 1.165) is 22.2 Å². The molecule has 1 amide bonds. The van der Waals surface area contributed by atoms with Gasteiger partial charge in [-0.2, -0.15) is 5.10 Å². The minimum Gasteiger partial charge on any atom is -0.321 e. The van der Waals surface area contributed by atoms with Crippen LogP contribution in [0.1, 0.15) is 16.1 Å². The van der Waals surface area contributed by atoms with Crippen LogP contribution >= 0.6 is 11.6 Å². The Morgan fingerprint density at radius 3 is 2.96 bits per heavy atom. The molecule has 0 aliphatic heterocycles. The van der Waals surface area contributed by atoms with E-state index in [0.29, 0.717) is 17.1 Å². The zero-order valence-electron chi connectivity index (χ0n) is 12.9. The van der Waals surface area contributed by atoms with E-state index in [4.69, 9.17) is 11.6 Å². The quantitative estimate of drug-likeness (QED) is 0.583. The molecule has 1 aromatic carbocycles. The number of amides is 1. The van der Waals surface area contributed by atoms with Crippen LogP contribution in [-0.4, -0.2) is 25.1 Å². The lowest BCUT2D eigenvalue weighted by Gasteiger charge is -2.06. The highest BCUT2D eigenvalue weighted by atomic mass is 35.5. The van der Waals surface area contributed by atoms with Crippen molar-refractivity contribution in [3.05, 3.63) is 60.2 Å². The fourth-order valence-electron chi connectivity index (χ4n) is 2.69. The molecule has 3 heterocycles. The summed E-state index contributed by atoms with van der Waals surface area (Å²) in [5.74, 6) is 0.187. The van der Waals surface area contributed by atoms with Gasteiger partial charge in [0.2, 0.25) is 0 Å². The van der Waals surface area contributed by atoms with Crippen molar-refractivity contribution in [3.63, 3.8) is 0 Å². The first-order chi connectivity index (χ1) is 11.6. The number of aromatic nitrogens is 4. The molecule has 0 spiro atoms. The first-order valence-electron chi connectivity index (χ1n) is 7.41. The first-order valence-corrected chi connectivity index (χ1v) is 7.94. The average Bonchev–Trinajstić information content (AvgIpc) is 3.17.